The van der Waals surface area contributed by atoms with Crippen molar-refractivity contribution < 1.29 is 8.78 Å². The molecule has 1 N–H and O–H groups in total. The van der Waals surface area contributed by atoms with E-state index in [1.54, 1.807) is 24.3 Å². The van der Waals surface area contributed by atoms with E-state index < -0.39 is 11.6 Å². The van der Waals surface area contributed by atoms with Crippen LogP contribution in [-0.2, 0) is 6.54 Å². The summed E-state index contributed by atoms with van der Waals surface area (Å²) in [6.07, 6.45) is 0. The van der Waals surface area contributed by atoms with Gasteiger partial charge in [0.1, 0.15) is 11.2 Å². The number of halogens is 2. The monoisotopic (exact) mass is 288 g/mol. The molecule has 21 heavy (non-hydrogen) atoms. The molecule has 0 spiro atoms. The van der Waals surface area contributed by atoms with Gasteiger partial charge in [-0.2, -0.15) is 0 Å². The molecule has 0 aliphatic carbocycles. The van der Waals surface area contributed by atoms with Gasteiger partial charge >= 0.3 is 0 Å². The zero-order valence-electron chi connectivity index (χ0n) is 11.5. The van der Waals surface area contributed by atoms with Crippen molar-refractivity contribution in [3.8, 4) is 5.69 Å². The van der Waals surface area contributed by atoms with Crippen LogP contribution >= 0.6 is 0 Å². The van der Waals surface area contributed by atoms with Gasteiger partial charge in [-0.1, -0.05) is 24.3 Å². The normalized spacial score (nSPS) is 11.2. The van der Waals surface area contributed by atoms with E-state index in [2.05, 4.69) is 15.6 Å². The van der Waals surface area contributed by atoms with Crippen LogP contribution in [0.3, 0.4) is 0 Å². The van der Waals surface area contributed by atoms with Gasteiger partial charge in [0.2, 0.25) is 0 Å². The molecule has 0 unspecified atom stereocenters. The van der Waals surface area contributed by atoms with Gasteiger partial charge in [-0.3, -0.25) is 0 Å². The molecular formula is C15H14F2N4. The number of para-hydroxylation sites is 1. The summed E-state index contributed by atoms with van der Waals surface area (Å²) in [6, 6.07) is 9.68. The summed E-state index contributed by atoms with van der Waals surface area (Å²) in [4.78, 5) is 0. The molecule has 108 valence electrons. The Bertz CT molecular complexity index is 759. The Balaban J connectivity index is 2.10. The molecule has 1 heterocycles. The Morgan fingerprint density at radius 2 is 1.86 bits per heavy atom. The van der Waals surface area contributed by atoms with Gasteiger partial charge in [-0.05, 0) is 36.4 Å². The number of hydrogen-bond donors (Lipinski definition) is 1. The predicted octanol–water partition coefficient (Wildman–Crippen LogP) is 2.81. The van der Waals surface area contributed by atoms with Crippen LogP contribution in [0.15, 0.2) is 36.4 Å². The highest BCUT2D eigenvalue weighted by Gasteiger charge is 2.16. The topological polar surface area (TPSA) is 42.7 Å². The molecule has 0 radical (unpaired) electrons. The fourth-order valence-corrected chi connectivity index (χ4v) is 2.23. The second-order valence-electron chi connectivity index (χ2n) is 4.68. The smallest absolute Gasteiger partial charge is 0.152 e. The Morgan fingerprint density at radius 3 is 2.57 bits per heavy atom. The van der Waals surface area contributed by atoms with Gasteiger partial charge < -0.3 is 5.32 Å². The fourth-order valence-electron chi connectivity index (χ4n) is 2.23. The lowest BCUT2D eigenvalue weighted by molar-refractivity contribution is 0.553. The summed E-state index contributed by atoms with van der Waals surface area (Å²) in [5.41, 5.74) is 1.51. The molecule has 6 heteroatoms. The second-order valence-corrected chi connectivity index (χ2v) is 4.68. The molecule has 0 saturated heterocycles. The number of fused-ring (bicyclic) bond motifs is 1. The first-order valence-electron chi connectivity index (χ1n) is 6.70. The van der Waals surface area contributed by atoms with Gasteiger partial charge in [0.15, 0.2) is 11.6 Å². The van der Waals surface area contributed by atoms with Crippen molar-refractivity contribution in [1.29, 1.82) is 0 Å². The molecule has 0 aliphatic rings. The van der Waals surface area contributed by atoms with Gasteiger partial charge in [-0.15, -0.1) is 5.10 Å². The second kappa shape index (κ2) is 5.57. The Hall–Kier alpha value is -2.34. The van der Waals surface area contributed by atoms with Crippen LogP contribution in [0.25, 0.3) is 16.7 Å². The number of benzene rings is 2. The number of hydrogen-bond acceptors (Lipinski definition) is 3. The summed E-state index contributed by atoms with van der Waals surface area (Å²) in [6.45, 7) is 3.09. The third kappa shape index (κ3) is 2.50. The molecule has 2 aromatic carbocycles. The van der Waals surface area contributed by atoms with Crippen LogP contribution in [0.4, 0.5) is 8.78 Å². The van der Waals surface area contributed by atoms with E-state index in [0.717, 1.165) is 6.54 Å². The van der Waals surface area contributed by atoms with Crippen LogP contribution in [0.2, 0.25) is 0 Å². The number of rotatable bonds is 4. The molecule has 3 aromatic rings. The molecule has 0 saturated carbocycles. The molecule has 0 amide bonds. The lowest BCUT2D eigenvalue weighted by Crippen LogP contribution is -2.13. The first kappa shape index (κ1) is 13.6. The molecule has 4 nitrogen and oxygen atoms in total. The van der Waals surface area contributed by atoms with E-state index in [1.165, 1.54) is 16.8 Å². The number of nitrogens with one attached hydrogen (secondary N) is 1. The van der Waals surface area contributed by atoms with E-state index >= 15 is 0 Å². The first-order valence-corrected chi connectivity index (χ1v) is 6.70. The number of nitrogens with zero attached hydrogens (tertiary/aromatic N) is 3. The summed E-state index contributed by atoms with van der Waals surface area (Å²) in [5.74, 6) is -1.31. The van der Waals surface area contributed by atoms with Gasteiger partial charge in [0.05, 0.1) is 5.52 Å². The predicted molar refractivity (Wildman–Crippen MR) is 76.2 cm³/mol. The van der Waals surface area contributed by atoms with Crippen molar-refractivity contribution >= 4 is 11.0 Å². The van der Waals surface area contributed by atoms with Crippen molar-refractivity contribution in [1.82, 2.24) is 20.3 Å². The maximum absolute atomic E-state index is 14.3. The Morgan fingerprint density at radius 1 is 1.14 bits per heavy atom. The van der Waals surface area contributed by atoms with E-state index in [9.17, 15) is 8.78 Å². The van der Waals surface area contributed by atoms with Crippen molar-refractivity contribution in [3.05, 3.63) is 53.6 Å². The van der Waals surface area contributed by atoms with E-state index in [0.29, 0.717) is 23.1 Å². The van der Waals surface area contributed by atoms with E-state index in [4.69, 9.17) is 0 Å². The van der Waals surface area contributed by atoms with E-state index in [-0.39, 0.29) is 5.69 Å². The molecule has 0 fully saturated rings. The van der Waals surface area contributed by atoms with Crippen molar-refractivity contribution in [2.75, 3.05) is 6.54 Å². The minimum absolute atomic E-state index is 0.205. The summed E-state index contributed by atoms with van der Waals surface area (Å²) >= 11 is 0. The summed E-state index contributed by atoms with van der Waals surface area (Å²) < 4.78 is 29.7. The molecular weight excluding hydrogens is 274 g/mol. The zero-order chi connectivity index (χ0) is 14.8. The Kier molecular flexibility index (Phi) is 3.62. The summed E-state index contributed by atoms with van der Waals surface area (Å²) in [5, 5.41) is 10.8. The lowest BCUT2D eigenvalue weighted by Gasteiger charge is -2.09. The minimum atomic E-state index is -0.654. The molecule has 0 bridgehead atoms. The first-order chi connectivity index (χ1) is 10.2. The third-order valence-electron chi connectivity index (χ3n) is 3.22. The maximum atomic E-state index is 14.3. The highest BCUT2D eigenvalue weighted by atomic mass is 19.1. The minimum Gasteiger partial charge on any atom is -0.313 e. The largest absolute Gasteiger partial charge is 0.313 e. The molecule has 0 aliphatic heterocycles. The SMILES string of the molecule is CCNCc1cc(F)c(-n2nnc3ccccc32)c(F)c1. The highest BCUT2D eigenvalue weighted by Crippen LogP contribution is 2.23. The highest BCUT2D eigenvalue weighted by molar-refractivity contribution is 5.76. The maximum Gasteiger partial charge on any atom is 0.152 e. The molecule has 1 aromatic heterocycles. The zero-order valence-corrected chi connectivity index (χ0v) is 11.5. The average Bonchev–Trinajstić information content (AvgIpc) is 2.89. The molecule has 0 atom stereocenters. The summed E-state index contributed by atoms with van der Waals surface area (Å²) in [7, 11) is 0. The van der Waals surface area contributed by atoms with Crippen molar-refractivity contribution in [2.24, 2.45) is 0 Å². The fraction of sp³-hybridized carbons (Fsp3) is 0.200. The van der Waals surface area contributed by atoms with Gasteiger partial charge in [-0.25, -0.2) is 13.5 Å². The standard InChI is InChI=1S/C15H14F2N4/c1-2-18-9-10-7-11(16)15(12(17)8-10)21-14-6-4-3-5-13(14)19-20-21/h3-8,18H,2,9H2,1H3. The quantitative estimate of drug-likeness (QED) is 0.802. The number of aromatic nitrogens is 3. The Labute approximate surface area is 120 Å². The van der Waals surface area contributed by atoms with Gasteiger partial charge in [0.25, 0.3) is 0 Å². The van der Waals surface area contributed by atoms with Gasteiger partial charge in [0, 0.05) is 6.54 Å². The lowest BCUT2D eigenvalue weighted by atomic mass is 10.1. The van der Waals surface area contributed by atoms with Crippen molar-refractivity contribution in [2.45, 2.75) is 13.5 Å². The van der Waals surface area contributed by atoms with Crippen LogP contribution < -0.4 is 5.32 Å². The van der Waals surface area contributed by atoms with Crippen LogP contribution in [-0.4, -0.2) is 21.5 Å². The van der Waals surface area contributed by atoms with Crippen molar-refractivity contribution in [3.63, 3.8) is 0 Å². The van der Waals surface area contributed by atoms with Crippen LogP contribution in [0, 0.1) is 11.6 Å². The third-order valence-corrected chi connectivity index (χ3v) is 3.22. The van der Waals surface area contributed by atoms with Crippen LogP contribution in [0.1, 0.15) is 12.5 Å². The average molecular weight is 288 g/mol. The van der Waals surface area contributed by atoms with E-state index in [1.807, 2.05) is 6.92 Å². The molecule has 3 rings (SSSR count). The van der Waals surface area contributed by atoms with Crippen LogP contribution in [0.5, 0.6) is 0 Å².